The van der Waals surface area contributed by atoms with Crippen molar-refractivity contribution >= 4 is 24.0 Å². The van der Waals surface area contributed by atoms with Crippen LogP contribution in [-0.4, -0.2) is 30.1 Å². The number of halogens is 3. The quantitative estimate of drug-likeness (QED) is 0.901. The minimum absolute atomic E-state index is 0. The lowest BCUT2D eigenvalue weighted by Crippen LogP contribution is -2.53. The van der Waals surface area contributed by atoms with Crippen LogP contribution in [0.1, 0.15) is 19.4 Å². The Morgan fingerprint density at radius 1 is 1.33 bits per heavy atom. The predicted octanol–water partition coefficient (Wildman–Crippen LogP) is 3.08. The summed E-state index contributed by atoms with van der Waals surface area (Å²) in [6.45, 7) is 6.98. The molecule has 1 aliphatic rings. The van der Waals surface area contributed by atoms with E-state index >= 15 is 0 Å². The standard InChI is InChI=1S/C13H18ClFN2.ClH/c1-9-6-17(7-10(2)16-9)8-11-5-12(15)3-4-13(11)14;/h3-5,9-10,16H,6-8H2,1-2H3;1H. The summed E-state index contributed by atoms with van der Waals surface area (Å²) in [5.74, 6) is -0.222. The van der Waals surface area contributed by atoms with Crippen molar-refractivity contribution in [2.24, 2.45) is 0 Å². The van der Waals surface area contributed by atoms with Crippen LogP contribution in [0.5, 0.6) is 0 Å². The van der Waals surface area contributed by atoms with Gasteiger partial charge < -0.3 is 5.32 Å². The highest BCUT2D eigenvalue weighted by Gasteiger charge is 2.21. The average Bonchev–Trinajstić information content (AvgIpc) is 2.22. The summed E-state index contributed by atoms with van der Waals surface area (Å²) in [7, 11) is 0. The van der Waals surface area contributed by atoms with Crippen LogP contribution >= 0.6 is 24.0 Å². The first kappa shape index (κ1) is 15.7. The van der Waals surface area contributed by atoms with Gasteiger partial charge in [-0.1, -0.05) is 11.6 Å². The molecule has 0 aliphatic carbocycles. The summed E-state index contributed by atoms with van der Waals surface area (Å²) < 4.78 is 13.2. The first-order chi connectivity index (χ1) is 8.04. The minimum Gasteiger partial charge on any atom is -0.309 e. The molecule has 18 heavy (non-hydrogen) atoms. The van der Waals surface area contributed by atoms with E-state index in [4.69, 9.17) is 11.6 Å². The molecule has 2 atom stereocenters. The molecule has 5 heteroatoms. The largest absolute Gasteiger partial charge is 0.309 e. The topological polar surface area (TPSA) is 15.3 Å². The zero-order valence-electron chi connectivity index (χ0n) is 10.6. The van der Waals surface area contributed by atoms with Crippen LogP contribution in [0.25, 0.3) is 0 Å². The molecule has 1 aromatic rings. The Morgan fingerprint density at radius 3 is 2.56 bits per heavy atom. The fourth-order valence-electron chi connectivity index (χ4n) is 2.47. The van der Waals surface area contributed by atoms with Crippen LogP contribution in [0.4, 0.5) is 4.39 Å². The Kier molecular flexibility index (Phi) is 5.86. The third-order valence-electron chi connectivity index (χ3n) is 3.03. The molecule has 0 saturated carbocycles. The van der Waals surface area contributed by atoms with Crippen molar-refractivity contribution in [1.82, 2.24) is 10.2 Å². The molecule has 1 saturated heterocycles. The highest BCUT2D eigenvalue weighted by Crippen LogP contribution is 2.20. The van der Waals surface area contributed by atoms with Gasteiger partial charge in [0.25, 0.3) is 0 Å². The number of rotatable bonds is 2. The highest BCUT2D eigenvalue weighted by atomic mass is 35.5. The molecular formula is C13H19Cl2FN2. The van der Waals surface area contributed by atoms with Crippen molar-refractivity contribution < 1.29 is 4.39 Å². The third kappa shape index (κ3) is 4.09. The molecule has 2 unspecified atom stereocenters. The van der Waals surface area contributed by atoms with Crippen molar-refractivity contribution in [1.29, 1.82) is 0 Å². The summed E-state index contributed by atoms with van der Waals surface area (Å²) in [5.41, 5.74) is 0.868. The summed E-state index contributed by atoms with van der Waals surface area (Å²) in [4.78, 5) is 2.31. The lowest BCUT2D eigenvalue weighted by molar-refractivity contribution is 0.166. The van der Waals surface area contributed by atoms with E-state index in [1.165, 1.54) is 12.1 Å². The van der Waals surface area contributed by atoms with E-state index in [9.17, 15) is 4.39 Å². The molecule has 1 aliphatic heterocycles. The van der Waals surface area contributed by atoms with Gasteiger partial charge in [0.2, 0.25) is 0 Å². The molecule has 0 bridgehead atoms. The second-order valence-electron chi connectivity index (χ2n) is 4.90. The number of hydrogen-bond donors (Lipinski definition) is 1. The molecule has 1 heterocycles. The zero-order chi connectivity index (χ0) is 12.4. The molecule has 0 amide bonds. The monoisotopic (exact) mass is 292 g/mol. The second kappa shape index (κ2) is 6.71. The van der Waals surface area contributed by atoms with Gasteiger partial charge in [0.1, 0.15) is 5.82 Å². The van der Waals surface area contributed by atoms with Crippen molar-refractivity contribution in [3.05, 3.63) is 34.6 Å². The van der Waals surface area contributed by atoms with Crippen molar-refractivity contribution in [2.45, 2.75) is 32.5 Å². The van der Waals surface area contributed by atoms with Gasteiger partial charge in [0.15, 0.2) is 0 Å². The Balaban J connectivity index is 0.00000162. The smallest absolute Gasteiger partial charge is 0.123 e. The first-order valence-corrected chi connectivity index (χ1v) is 6.34. The Hall–Kier alpha value is -0.350. The zero-order valence-corrected chi connectivity index (χ0v) is 12.2. The predicted molar refractivity (Wildman–Crippen MR) is 76.0 cm³/mol. The lowest BCUT2D eigenvalue weighted by atomic mass is 10.1. The average molecular weight is 293 g/mol. The molecule has 0 radical (unpaired) electrons. The summed E-state index contributed by atoms with van der Waals surface area (Å²) in [5, 5.41) is 4.12. The van der Waals surface area contributed by atoms with E-state index in [-0.39, 0.29) is 18.2 Å². The van der Waals surface area contributed by atoms with Crippen molar-refractivity contribution in [3.8, 4) is 0 Å². The van der Waals surface area contributed by atoms with Gasteiger partial charge in [-0.2, -0.15) is 0 Å². The fraction of sp³-hybridized carbons (Fsp3) is 0.538. The van der Waals surface area contributed by atoms with E-state index in [1.807, 2.05) is 0 Å². The molecule has 0 spiro atoms. The van der Waals surface area contributed by atoms with Crippen LogP contribution in [0.3, 0.4) is 0 Å². The van der Waals surface area contributed by atoms with Gasteiger partial charge in [-0.25, -0.2) is 4.39 Å². The van der Waals surface area contributed by atoms with Crippen LogP contribution < -0.4 is 5.32 Å². The molecule has 2 nitrogen and oxygen atoms in total. The maximum Gasteiger partial charge on any atom is 0.123 e. The van der Waals surface area contributed by atoms with Gasteiger partial charge >= 0.3 is 0 Å². The number of piperazine rings is 1. The van der Waals surface area contributed by atoms with Crippen LogP contribution in [0, 0.1) is 5.82 Å². The Labute approximate surface area is 119 Å². The molecular weight excluding hydrogens is 274 g/mol. The van der Waals surface area contributed by atoms with E-state index in [0.29, 0.717) is 23.7 Å². The minimum atomic E-state index is -0.222. The maximum absolute atomic E-state index is 13.2. The van der Waals surface area contributed by atoms with Crippen LogP contribution in [0.2, 0.25) is 5.02 Å². The lowest BCUT2D eigenvalue weighted by Gasteiger charge is -2.36. The molecule has 2 rings (SSSR count). The van der Waals surface area contributed by atoms with E-state index in [1.54, 1.807) is 6.07 Å². The summed E-state index contributed by atoms with van der Waals surface area (Å²) in [6, 6.07) is 5.48. The van der Waals surface area contributed by atoms with E-state index in [0.717, 1.165) is 18.7 Å². The summed E-state index contributed by atoms with van der Waals surface area (Å²) in [6.07, 6.45) is 0. The van der Waals surface area contributed by atoms with Gasteiger partial charge in [0, 0.05) is 36.7 Å². The second-order valence-corrected chi connectivity index (χ2v) is 5.31. The molecule has 1 N–H and O–H groups in total. The van der Waals surface area contributed by atoms with E-state index in [2.05, 4.69) is 24.1 Å². The molecule has 102 valence electrons. The van der Waals surface area contributed by atoms with E-state index < -0.39 is 0 Å². The molecule has 0 aromatic heterocycles. The number of nitrogens with zero attached hydrogens (tertiary/aromatic N) is 1. The van der Waals surface area contributed by atoms with Crippen LogP contribution in [-0.2, 0) is 6.54 Å². The number of nitrogens with one attached hydrogen (secondary N) is 1. The Morgan fingerprint density at radius 2 is 1.94 bits per heavy atom. The van der Waals surface area contributed by atoms with Gasteiger partial charge in [-0.3, -0.25) is 4.90 Å². The summed E-state index contributed by atoms with van der Waals surface area (Å²) >= 11 is 6.08. The van der Waals surface area contributed by atoms with Gasteiger partial charge in [-0.05, 0) is 37.6 Å². The van der Waals surface area contributed by atoms with Gasteiger partial charge in [0.05, 0.1) is 0 Å². The van der Waals surface area contributed by atoms with Gasteiger partial charge in [-0.15, -0.1) is 12.4 Å². The third-order valence-corrected chi connectivity index (χ3v) is 3.40. The normalized spacial score (nSPS) is 24.7. The SMILES string of the molecule is CC1CN(Cc2cc(F)ccc2Cl)CC(C)N1.Cl. The number of benzene rings is 1. The molecule has 1 fully saturated rings. The maximum atomic E-state index is 13.2. The number of hydrogen-bond acceptors (Lipinski definition) is 2. The highest BCUT2D eigenvalue weighted by molar-refractivity contribution is 6.31. The first-order valence-electron chi connectivity index (χ1n) is 5.97. The Bertz CT molecular complexity index is 391. The fourth-order valence-corrected chi connectivity index (χ4v) is 2.65. The molecule has 1 aromatic carbocycles. The van der Waals surface area contributed by atoms with Crippen molar-refractivity contribution in [2.75, 3.05) is 13.1 Å². The van der Waals surface area contributed by atoms with Crippen molar-refractivity contribution in [3.63, 3.8) is 0 Å². The van der Waals surface area contributed by atoms with Crippen LogP contribution in [0.15, 0.2) is 18.2 Å².